The van der Waals surface area contributed by atoms with Crippen LogP contribution in [0, 0.1) is 10.8 Å². The van der Waals surface area contributed by atoms with Gasteiger partial charge in [-0.15, -0.1) is 8.78 Å². The number of carbonyl (C=O) groups excluding carboxylic acids is 1. The van der Waals surface area contributed by atoms with Crippen molar-refractivity contribution >= 4 is 11.6 Å². The fourth-order valence-electron chi connectivity index (χ4n) is 8.35. The van der Waals surface area contributed by atoms with Crippen molar-refractivity contribution in [2.24, 2.45) is 10.8 Å². The Balaban J connectivity index is 1.07. The first-order valence-electron chi connectivity index (χ1n) is 15.6. The third-order valence-corrected chi connectivity index (χ3v) is 11.0. The lowest BCUT2D eigenvalue weighted by molar-refractivity contribution is -0.286. The molecule has 2 heterocycles. The molecule has 0 N–H and O–H groups in total. The van der Waals surface area contributed by atoms with E-state index in [1.54, 1.807) is 6.07 Å². The highest BCUT2D eigenvalue weighted by molar-refractivity contribution is 6.00. The summed E-state index contributed by atoms with van der Waals surface area (Å²) in [6.45, 7) is 6.75. The van der Waals surface area contributed by atoms with E-state index in [0.29, 0.717) is 18.0 Å². The second-order valence-corrected chi connectivity index (χ2v) is 15.2. The lowest BCUT2D eigenvalue weighted by Gasteiger charge is -2.65. The van der Waals surface area contributed by atoms with Crippen LogP contribution in [0.4, 0.5) is 18.9 Å². The van der Waals surface area contributed by atoms with Crippen LogP contribution in [-0.2, 0) is 15.6 Å². The molecule has 1 aromatic heterocycles. The Labute approximate surface area is 254 Å². The van der Waals surface area contributed by atoms with Gasteiger partial charge in [0.05, 0.1) is 5.41 Å². The number of carbonyl (C=O) groups is 1. The second-order valence-electron chi connectivity index (χ2n) is 15.2. The van der Waals surface area contributed by atoms with Gasteiger partial charge < -0.3 is 18.9 Å². The van der Waals surface area contributed by atoms with Gasteiger partial charge in [-0.2, -0.15) is 4.98 Å². The van der Waals surface area contributed by atoms with Gasteiger partial charge in [-0.3, -0.25) is 4.79 Å². The number of hydrogen-bond donors (Lipinski definition) is 0. The van der Waals surface area contributed by atoms with Crippen molar-refractivity contribution in [2.45, 2.75) is 101 Å². The predicted octanol–water partition coefficient (Wildman–Crippen LogP) is 7.87. The first-order valence-corrected chi connectivity index (χ1v) is 15.6. The number of amides is 1. The van der Waals surface area contributed by atoms with E-state index in [2.05, 4.69) is 35.4 Å². The highest BCUT2D eigenvalue weighted by atomic mass is 19.3. The van der Waals surface area contributed by atoms with Crippen LogP contribution in [0.15, 0.2) is 47.0 Å². The number of ether oxygens (including phenoxy) is 2. The first-order chi connectivity index (χ1) is 20.7. The molecule has 1 amide bonds. The van der Waals surface area contributed by atoms with Crippen molar-refractivity contribution in [2.75, 3.05) is 11.4 Å². The third kappa shape index (κ3) is 4.26. The highest BCUT2D eigenvalue weighted by Gasteiger charge is 2.73. The van der Waals surface area contributed by atoms with Gasteiger partial charge in [-0.25, -0.2) is 4.39 Å². The Bertz CT molecular complexity index is 1630. The topological polar surface area (TPSA) is 77.7 Å². The van der Waals surface area contributed by atoms with E-state index in [1.807, 2.05) is 29.2 Å². The van der Waals surface area contributed by atoms with Gasteiger partial charge in [0.15, 0.2) is 17.3 Å². The minimum Gasteiger partial charge on any atom is -0.395 e. The van der Waals surface area contributed by atoms with Gasteiger partial charge in [0.25, 0.3) is 0 Å². The number of benzene rings is 2. The van der Waals surface area contributed by atoms with Crippen LogP contribution in [0.1, 0.15) is 90.3 Å². The van der Waals surface area contributed by atoms with Crippen LogP contribution in [0.2, 0.25) is 0 Å². The SMILES string of the molecule is CC(C)(C)c1nc(C23CCC(CN(C(=O)C45CC(F)(C4)C5)c4cccc(-c5ccc6c(c5)OC(F)(F)O6)c4)(CC2)CC3)no1. The quantitative estimate of drug-likeness (QED) is 0.284. The van der Waals surface area contributed by atoms with E-state index in [0.717, 1.165) is 55.6 Å². The molecule has 10 rings (SSSR count). The Morgan fingerprint density at radius 2 is 1.55 bits per heavy atom. The monoisotopic (exact) mass is 607 g/mol. The maximum Gasteiger partial charge on any atom is 0.586 e. The van der Waals surface area contributed by atoms with Crippen molar-refractivity contribution < 1.29 is 32.0 Å². The number of aromatic nitrogens is 2. The molecule has 0 radical (unpaired) electrons. The summed E-state index contributed by atoms with van der Waals surface area (Å²) in [5.74, 6) is 1.40. The van der Waals surface area contributed by atoms with Gasteiger partial charge in [-0.05, 0) is 98.6 Å². The highest BCUT2D eigenvalue weighted by Crippen LogP contribution is 2.70. The lowest BCUT2D eigenvalue weighted by Crippen LogP contribution is -2.71. The molecule has 0 atom stereocenters. The summed E-state index contributed by atoms with van der Waals surface area (Å²) in [4.78, 5) is 21.0. The van der Waals surface area contributed by atoms with Crippen molar-refractivity contribution in [3.05, 3.63) is 54.2 Å². The van der Waals surface area contributed by atoms with Crippen LogP contribution in [0.25, 0.3) is 11.1 Å². The molecule has 44 heavy (non-hydrogen) atoms. The minimum absolute atomic E-state index is 0.00993. The molecule has 6 fully saturated rings. The van der Waals surface area contributed by atoms with Gasteiger partial charge in [-0.1, -0.05) is 44.1 Å². The Kier molecular flexibility index (Phi) is 5.58. The molecule has 7 aliphatic rings. The summed E-state index contributed by atoms with van der Waals surface area (Å²) >= 11 is 0. The van der Waals surface area contributed by atoms with Crippen LogP contribution in [0.5, 0.6) is 11.5 Å². The molecule has 10 heteroatoms. The van der Waals surface area contributed by atoms with Crippen LogP contribution < -0.4 is 14.4 Å². The summed E-state index contributed by atoms with van der Waals surface area (Å²) in [7, 11) is 0. The number of hydrogen-bond acceptors (Lipinski definition) is 6. The summed E-state index contributed by atoms with van der Waals surface area (Å²) in [5, 5.41) is 4.42. The number of fused-ring (bicyclic) bond motifs is 4. The maximum absolute atomic E-state index is 14.6. The van der Waals surface area contributed by atoms with Crippen LogP contribution in [-0.4, -0.2) is 34.6 Å². The maximum atomic E-state index is 14.6. The van der Waals surface area contributed by atoms with Gasteiger partial charge >= 0.3 is 6.29 Å². The Hall–Kier alpha value is -3.56. The fraction of sp³-hybridized carbons (Fsp3) is 0.559. The number of anilines is 1. The summed E-state index contributed by atoms with van der Waals surface area (Å²) < 4.78 is 56.8. The molecule has 1 aliphatic heterocycles. The molecule has 7 nitrogen and oxygen atoms in total. The second kappa shape index (κ2) is 8.79. The van der Waals surface area contributed by atoms with Crippen molar-refractivity contribution in [1.82, 2.24) is 10.1 Å². The van der Waals surface area contributed by atoms with Crippen LogP contribution >= 0.6 is 0 Å². The van der Waals surface area contributed by atoms with E-state index in [-0.39, 0.29) is 52.9 Å². The number of alkyl halides is 3. The molecule has 232 valence electrons. The van der Waals surface area contributed by atoms with Crippen molar-refractivity contribution in [3.8, 4) is 22.6 Å². The summed E-state index contributed by atoms with van der Waals surface area (Å²) in [6.07, 6.45) is 2.76. The Morgan fingerprint density at radius 3 is 2.18 bits per heavy atom. The molecule has 6 aliphatic carbocycles. The predicted molar refractivity (Wildman–Crippen MR) is 155 cm³/mol. The average Bonchev–Trinajstić information content (AvgIpc) is 3.59. The zero-order chi connectivity index (χ0) is 30.8. The smallest absolute Gasteiger partial charge is 0.395 e. The Morgan fingerprint density at radius 1 is 0.886 bits per heavy atom. The third-order valence-electron chi connectivity index (χ3n) is 11.0. The van der Waals surface area contributed by atoms with Gasteiger partial charge in [0, 0.05) is 23.1 Å². The van der Waals surface area contributed by atoms with Crippen molar-refractivity contribution in [3.63, 3.8) is 0 Å². The van der Waals surface area contributed by atoms with E-state index >= 15 is 0 Å². The summed E-state index contributed by atoms with van der Waals surface area (Å²) in [5.41, 5.74) is -0.0421. The largest absolute Gasteiger partial charge is 0.586 e. The molecule has 6 saturated carbocycles. The molecule has 4 bridgehead atoms. The number of nitrogens with zero attached hydrogens (tertiary/aromatic N) is 3. The van der Waals surface area contributed by atoms with Gasteiger partial charge in [0.1, 0.15) is 5.67 Å². The molecule has 0 spiro atoms. The average molecular weight is 608 g/mol. The first kappa shape index (κ1) is 28.0. The number of halogens is 3. The zero-order valence-electron chi connectivity index (χ0n) is 25.2. The van der Waals surface area contributed by atoms with E-state index in [4.69, 9.17) is 9.51 Å². The summed E-state index contributed by atoms with van der Waals surface area (Å²) in [6, 6.07) is 12.3. The van der Waals surface area contributed by atoms with E-state index in [9.17, 15) is 18.0 Å². The molecular formula is C34H36F3N3O4. The van der Waals surface area contributed by atoms with Crippen LogP contribution in [0.3, 0.4) is 0 Å². The van der Waals surface area contributed by atoms with Crippen molar-refractivity contribution in [1.29, 1.82) is 0 Å². The lowest BCUT2D eigenvalue weighted by atomic mass is 9.41. The normalized spacial score (nSPS) is 32.6. The van der Waals surface area contributed by atoms with Gasteiger partial charge in [0.2, 0.25) is 11.8 Å². The molecule has 2 aromatic carbocycles. The molecular weight excluding hydrogens is 571 g/mol. The fourth-order valence-corrected chi connectivity index (χ4v) is 8.35. The van der Waals surface area contributed by atoms with E-state index in [1.165, 1.54) is 12.1 Å². The molecule has 3 aromatic rings. The number of rotatable bonds is 6. The van der Waals surface area contributed by atoms with E-state index < -0.39 is 17.4 Å². The standard InChI is InChI=1S/C34H36F3N3O4/c1-29(2,3)27-38-26(39-44-27)31-12-9-30(10-13-31,11-14-31)20-40(28(41)32-17-33(35,18-32)19-32)23-6-4-5-21(15-23)22-7-8-24-25(16-22)43-34(36,37)42-24/h4-8,15-16H,9-14,17-20H2,1-3H3. The zero-order valence-corrected chi connectivity index (χ0v) is 25.2. The molecule has 0 saturated heterocycles. The minimum atomic E-state index is -3.70. The molecule has 0 unspecified atom stereocenters.